The van der Waals surface area contributed by atoms with Crippen molar-refractivity contribution in [3.63, 3.8) is 0 Å². The van der Waals surface area contributed by atoms with Gasteiger partial charge in [-0.1, -0.05) is 16.6 Å². The maximum Gasteiger partial charge on any atom is 0.275 e. The maximum atomic E-state index is 12.0. The fraction of sp³-hybridized carbons (Fsp3) is 0.600. The van der Waals surface area contributed by atoms with Crippen LogP contribution in [0.1, 0.15) is 30.3 Å². The average molecular weight is 254 g/mol. The molecule has 0 radical (unpaired) electrons. The molecule has 1 aromatic rings. The van der Waals surface area contributed by atoms with Gasteiger partial charge in [0.2, 0.25) is 0 Å². The van der Waals surface area contributed by atoms with Crippen molar-refractivity contribution in [3.8, 4) is 0 Å². The third-order valence-electron chi connectivity index (χ3n) is 3.04. The van der Waals surface area contributed by atoms with E-state index in [0.717, 1.165) is 12.1 Å². The highest BCUT2D eigenvalue weighted by atomic mass is 32.1. The molecule has 1 saturated heterocycles. The van der Waals surface area contributed by atoms with Gasteiger partial charge in [-0.05, 0) is 18.0 Å². The van der Waals surface area contributed by atoms with Crippen LogP contribution in [0.25, 0.3) is 0 Å². The Bertz CT molecular complexity index is 418. The lowest BCUT2D eigenvalue weighted by Crippen LogP contribution is -2.44. The summed E-state index contributed by atoms with van der Waals surface area (Å²) in [7, 11) is 0. The smallest absolute Gasteiger partial charge is 0.275 e. The summed E-state index contributed by atoms with van der Waals surface area (Å²) in [6.45, 7) is 3.19. The molecule has 2 rings (SSSR count). The number of amides is 1. The molecule has 1 aromatic heterocycles. The standard InChI is InChI=1S/C10H14N4O2S/c1-2-7-5-14(4-3-8(7)12-16)10(15)9-6-17-13-11-9/h6-7,16H,2-5H2,1H3. The van der Waals surface area contributed by atoms with E-state index in [2.05, 4.69) is 14.7 Å². The minimum absolute atomic E-state index is 0.0887. The summed E-state index contributed by atoms with van der Waals surface area (Å²) in [6, 6.07) is 0. The first-order chi connectivity index (χ1) is 8.26. The number of aromatic nitrogens is 2. The molecule has 1 atom stereocenters. The number of oxime groups is 1. The zero-order chi connectivity index (χ0) is 12.3. The van der Waals surface area contributed by atoms with Gasteiger partial charge in [-0.15, -0.1) is 5.10 Å². The molecule has 6 nitrogen and oxygen atoms in total. The largest absolute Gasteiger partial charge is 0.411 e. The molecule has 0 spiro atoms. The molecule has 0 aliphatic carbocycles. The Labute approximate surface area is 103 Å². The average Bonchev–Trinajstić information content (AvgIpc) is 2.90. The highest BCUT2D eigenvalue weighted by Crippen LogP contribution is 2.19. The van der Waals surface area contributed by atoms with Crippen molar-refractivity contribution in [1.29, 1.82) is 0 Å². The molecular weight excluding hydrogens is 240 g/mol. The monoisotopic (exact) mass is 254 g/mol. The quantitative estimate of drug-likeness (QED) is 0.636. The van der Waals surface area contributed by atoms with Gasteiger partial charge in [0.25, 0.3) is 5.91 Å². The van der Waals surface area contributed by atoms with Crippen LogP contribution in [0, 0.1) is 5.92 Å². The van der Waals surface area contributed by atoms with Crippen LogP contribution in [-0.2, 0) is 0 Å². The molecule has 1 aliphatic rings. The molecule has 1 N–H and O–H groups in total. The van der Waals surface area contributed by atoms with E-state index in [1.54, 1.807) is 10.3 Å². The van der Waals surface area contributed by atoms with Crippen molar-refractivity contribution in [1.82, 2.24) is 14.5 Å². The molecular formula is C10H14N4O2S. The Morgan fingerprint density at radius 1 is 1.76 bits per heavy atom. The minimum Gasteiger partial charge on any atom is -0.411 e. The number of carbonyl (C=O) groups is 1. The van der Waals surface area contributed by atoms with Gasteiger partial charge in [-0.3, -0.25) is 4.79 Å². The maximum absolute atomic E-state index is 12.0. The summed E-state index contributed by atoms with van der Waals surface area (Å²) in [5.74, 6) is 0.0542. The summed E-state index contributed by atoms with van der Waals surface area (Å²) in [5, 5.41) is 17.6. The molecule has 1 fully saturated rings. The third kappa shape index (κ3) is 2.44. The second kappa shape index (κ2) is 5.22. The molecule has 0 bridgehead atoms. The summed E-state index contributed by atoms with van der Waals surface area (Å²) in [4.78, 5) is 13.8. The first-order valence-corrected chi connectivity index (χ1v) is 6.37. The van der Waals surface area contributed by atoms with E-state index in [1.165, 1.54) is 11.5 Å². The van der Waals surface area contributed by atoms with Crippen molar-refractivity contribution in [2.45, 2.75) is 19.8 Å². The second-order valence-electron chi connectivity index (χ2n) is 3.99. The molecule has 1 amide bonds. The van der Waals surface area contributed by atoms with Gasteiger partial charge in [0.05, 0.1) is 5.71 Å². The lowest BCUT2D eigenvalue weighted by Gasteiger charge is -2.32. The Balaban J connectivity index is 2.07. The number of likely N-dealkylation sites (tertiary alicyclic amines) is 1. The van der Waals surface area contributed by atoms with Gasteiger partial charge in [0.15, 0.2) is 5.69 Å². The van der Waals surface area contributed by atoms with Crippen LogP contribution in [0.2, 0.25) is 0 Å². The highest BCUT2D eigenvalue weighted by Gasteiger charge is 2.29. The van der Waals surface area contributed by atoms with Crippen molar-refractivity contribution in [2.24, 2.45) is 11.1 Å². The molecule has 1 aliphatic heterocycles. The fourth-order valence-corrected chi connectivity index (χ4v) is 2.45. The Kier molecular flexibility index (Phi) is 3.68. The first kappa shape index (κ1) is 12.0. The molecule has 2 heterocycles. The van der Waals surface area contributed by atoms with Crippen LogP contribution in [0.15, 0.2) is 10.5 Å². The van der Waals surface area contributed by atoms with Gasteiger partial charge in [0, 0.05) is 30.8 Å². The topological polar surface area (TPSA) is 78.7 Å². The molecule has 92 valence electrons. The van der Waals surface area contributed by atoms with E-state index in [0.29, 0.717) is 25.2 Å². The zero-order valence-corrected chi connectivity index (χ0v) is 10.4. The van der Waals surface area contributed by atoms with E-state index in [4.69, 9.17) is 5.21 Å². The van der Waals surface area contributed by atoms with Crippen LogP contribution in [0.5, 0.6) is 0 Å². The molecule has 7 heteroatoms. The third-order valence-corrected chi connectivity index (χ3v) is 3.54. The van der Waals surface area contributed by atoms with Crippen molar-refractivity contribution < 1.29 is 10.0 Å². The number of piperidine rings is 1. The number of rotatable bonds is 2. The normalized spacial score (nSPS) is 23.0. The summed E-state index contributed by atoms with van der Waals surface area (Å²) in [6.07, 6.45) is 1.48. The zero-order valence-electron chi connectivity index (χ0n) is 9.54. The van der Waals surface area contributed by atoms with Gasteiger partial charge >= 0.3 is 0 Å². The van der Waals surface area contributed by atoms with Crippen LogP contribution in [0.3, 0.4) is 0 Å². The first-order valence-electron chi connectivity index (χ1n) is 5.53. The fourth-order valence-electron chi connectivity index (χ4n) is 2.02. The lowest BCUT2D eigenvalue weighted by atomic mass is 9.93. The highest BCUT2D eigenvalue weighted by molar-refractivity contribution is 7.03. The predicted octanol–water partition coefficient (Wildman–Crippen LogP) is 1.24. The molecule has 17 heavy (non-hydrogen) atoms. The van der Waals surface area contributed by atoms with Crippen LogP contribution in [-0.4, -0.2) is 44.4 Å². The van der Waals surface area contributed by atoms with E-state index < -0.39 is 0 Å². The number of carbonyl (C=O) groups excluding carboxylic acids is 1. The lowest BCUT2D eigenvalue weighted by molar-refractivity contribution is 0.0723. The predicted molar refractivity (Wildman–Crippen MR) is 63.4 cm³/mol. The van der Waals surface area contributed by atoms with E-state index >= 15 is 0 Å². The SMILES string of the molecule is CCC1CN(C(=O)c2csnn2)CCC1=NO. The van der Waals surface area contributed by atoms with Crippen molar-refractivity contribution in [3.05, 3.63) is 11.1 Å². The Morgan fingerprint density at radius 2 is 2.59 bits per heavy atom. The van der Waals surface area contributed by atoms with Crippen LogP contribution < -0.4 is 0 Å². The van der Waals surface area contributed by atoms with E-state index in [9.17, 15) is 4.79 Å². The number of hydrogen-bond donors (Lipinski definition) is 1. The van der Waals surface area contributed by atoms with Gasteiger partial charge < -0.3 is 10.1 Å². The van der Waals surface area contributed by atoms with Crippen molar-refractivity contribution >= 4 is 23.2 Å². The molecule has 0 aromatic carbocycles. The Morgan fingerprint density at radius 3 is 3.18 bits per heavy atom. The molecule has 0 saturated carbocycles. The summed E-state index contributed by atoms with van der Waals surface area (Å²) < 4.78 is 3.69. The molecule has 1 unspecified atom stereocenters. The minimum atomic E-state index is -0.0887. The van der Waals surface area contributed by atoms with Crippen LogP contribution in [0.4, 0.5) is 0 Å². The van der Waals surface area contributed by atoms with E-state index in [1.807, 2.05) is 6.92 Å². The summed E-state index contributed by atoms with van der Waals surface area (Å²) >= 11 is 1.17. The Hall–Kier alpha value is -1.50. The summed E-state index contributed by atoms with van der Waals surface area (Å²) in [5.41, 5.74) is 1.18. The second-order valence-corrected chi connectivity index (χ2v) is 4.60. The van der Waals surface area contributed by atoms with Gasteiger partial charge in [-0.2, -0.15) is 0 Å². The number of hydrogen-bond acceptors (Lipinski definition) is 6. The van der Waals surface area contributed by atoms with Crippen LogP contribution >= 0.6 is 11.5 Å². The van der Waals surface area contributed by atoms with Gasteiger partial charge in [0.1, 0.15) is 0 Å². The number of nitrogens with zero attached hydrogens (tertiary/aromatic N) is 4. The van der Waals surface area contributed by atoms with Crippen molar-refractivity contribution in [2.75, 3.05) is 13.1 Å². The van der Waals surface area contributed by atoms with Gasteiger partial charge in [-0.25, -0.2) is 0 Å². The van der Waals surface area contributed by atoms with E-state index in [-0.39, 0.29) is 11.8 Å².